The maximum absolute atomic E-state index is 13.3. The Labute approximate surface area is 177 Å². The van der Waals surface area contributed by atoms with Crippen LogP contribution in [0.5, 0.6) is 11.5 Å². The molecule has 2 rings (SSSR count). The summed E-state index contributed by atoms with van der Waals surface area (Å²) in [5.74, 6) is 1.91. The van der Waals surface area contributed by atoms with Gasteiger partial charge < -0.3 is 20.1 Å². The zero-order valence-electron chi connectivity index (χ0n) is 16.1. The van der Waals surface area contributed by atoms with E-state index in [2.05, 4.69) is 15.6 Å². The number of aryl methyl sites for hydroxylation is 1. The molecule has 27 heavy (non-hydrogen) atoms. The molecule has 0 heterocycles. The molecule has 0 radical (unpaired) electrons. The van der Waals surface area contributed by atoms with E-state index in [1.807, 2.05) is 31.2 Å². The second-order valence-corrected chi connectivity index (χ2v) is 5.78. The average molecular weight is 487 g/mol. The number of nitrogens with zero attached hydrogens (tertiary/aromatic N) is 1. The van der Waals surface area contributed by atoms with E-state index in [4.69, 9.17) is 9.47 Å². The predicted molar refractivity (Wildman–Crippen MR) is 118 cm³/mol. The zero-order valence-corrected chi connectivity index (χ0v) is 18.5. The van der Waals surface area contributed by atoms with Crippen molar-refractivity contribution in [2.75, 3.05) is 20.8 Å². The minimum atomic E-state index is -0.194. The summed E-state index contributed by atoms with van der Waals surface area (Å²) in [6.45, 7) is 5.42. The molecule has 0 aliphatic rings. The molecule has 0 aliphatic heterocycles. The summed E-state index contributed by atoms with van der Waals surface area (Å²) in [5.41, 5.74) is 2.68. The molecule has 2 N–H and O–H groups in total. The number of halogens is 2. The first-order chi connectivity index (χ1) is 12.6. The van der Waals surface area contributed by atoms with Crippen molar-refractivity contribution in [2.24, 2.45) is 4.99 Å². The molecule has 0 bridgehead atoms. The molecule has 5 nitrogen and oxygen atoms in total. The molecule has 0 unspecified atom stereocenters. The van der Waals surface area contributed by atoms with Gasteiger partial charge in [0.1, 0.15) is 5.82 Å². The number of guanidine groups is 1. The largest absolute Gasteiger partial charge is 0.493 e. The van der Waals surface area contributed by atoms with Crippen LogP contribution in [0.25, 0.3) is 0 Å². The number of aliphatic imine (C=N–C) groups is 1. The van der Waals surface area contributed by atoms with Crippen molar-refractivity contribution in [1.82, 2.24) is 10.6 Å². The minimum absolute atomic E-state index is 0. The number of rotatable bonds is 7. The highest BCUT2D eigenvalue weighted by molar-refractivity contribution is 14.0. The summed E-state index contributed by atoms with van der Waals surface area (Å²) < 4.78 is 24.2. The van der Waals surface area contributed by atoms with Gasteiger partial charge in [0, 0.05) is 20.1 Å². The van der Waals surface area contributed by atoms with Gasteiger partial charge in [0.25, 0.3) is 0 Å². The Bertz CT molecular complexity index is 769. The summed E-state index contributed by atoms with van der Waals surface area (Å²) in [6, 6.07) is 10.9. The first kappa shape index (κ1) is 23.0. The fourth-order valence-corrected chi connectivity index (χ4v) is 2.51. The lowest BCUT2D eigenvalue weighted by Crippen LogP contribution is -2.36. The maximum Gasteiger partial charge on any atom is 0.191 e. The van der Waals surface area contributed by atoms with E-state index < -0.39 is 0 Å². The number of nitrogens with one attached hydrogen (secondary N) is 2. The molecule has 0 amide bonds. The van der Waals surface area contributed by atoms with Gasteiger partial charge in [0.15, 0.2) is 17.5 Å². The van der Waals surface area contributed by atoms with E-state index in [0.717, 1.165) is 16.9 Å². The first-order valence-electron chi connectivity index (χ1n) is 8.56. The molecule has 0 saturated carbocycles. The molecule has 0 atom stereocenters. The number of methoxy groups -OCH3 is 1. The van der Waals surface area contributed by atoms with Crippen LogP contribution in [0.15, 0.2) is 41.4 Å². The van der Waals surface area contributed by atoms with Crippen LogP contribution in [0.4, 0.5) is 4.39 Å². The minimum Gasteiger partial charge on any atom is -0.493 e. The van der Waals surface area contributed by atoms with E-state index in [9.17, 15) is 4.39 Å². The number of benzene rings is 2. The Hall–Kier alpha value is -2.03. The Balaban J connectivity index is 0.00000364. The average Bonchev–Trinajstić information content (AvgIpc) is 2.65. The van der Waals surface area contributed by atoms with Crippen molar-refractivity contribution < 1.29 is 13.9 Å². The van der Waals surface area contributed by atoms with Gasteiger partial charge in [-0.1, -0.05) is 18.2 Å². The second-order valence-electron chi connectivity index (χ2n) is 5.78. The molecule has 2 aromatic rings. The topological polar surface area (TPSA) is 54.9 Å². The van der Waals surface area contributed by atoms with Gasteiger partial charge in [0.05, 0.1) is 13.7 Å². The maximum atomic E-state index is 13.3. The van der Waals surface area contributed by atoms with Crippen LogP contribution in [0.1, 0.15) is 23.6 Å². The van der Waals surface area contributed by atoms with Gasteiger partial charge in [-0.05, 0) is 48.7 Å². The van der Waals surface area contributed by atoms with Gasteiger partial charge in [-0.2, -0.15) is 0 Å². The lowest BCUT2D eigenvalue weighted by atomic mass is 10.1. The highest BCUT2D eigenvalue weighted by atomic mass is 127. The van der Waals surface area contributed by atoms with Crippen LogP contribution in [0.2, 0.25) is 0 Å². The summed E-state index contributed by atoms with van der Waals surface area (Å²) in [4.78, 5) is 4.22. The molecule has 148 valence electrons. The fraction of sp³-hybridized carbons (Fsp3) is 0.350. The molecular weight excluding hydrogens is 460 g/mol. The predicted octanol–water partition coefficient (Wildman–Crippen LogP) is 4.02. The number of hydrogen-bond donors (Lipinski definition) is 2. The van der Waals surface area contributed by atoms with E-state index in [0.29, 0.717) is 37.0 Å². The van der Waals surface area contributed by atoms with Gasteiger partial charge in [-0.3, -0.25) is 4.99 Å². The lowest BCUT2D eigenvalue weighted by molar-refractivity contribution is 0.310. The normalized spacial score (nSPS) is 10.8. The number of ether oxygens (including phenoxy) is 2. The van der Waals surface area contributed by atoms with Crippen molar-refractivity contribution in [1.29, 1.82) is 0 Å². The van der Waals surface area contributed by atoms with Crippen LogP contribution in [0.3, 0.4) is 0 Å². The Kier molecular flexibility index (Phi) is 9.92. The van der Waals surface area contributed by atoms with E-state index in [-0.39, 0.29) is 29.8 Å². The molecule has 7 heteroatoms. The van der Waals surface area contributed by atoms with Crippen molar-refractivity contribution >= 4 is 29.9 Å². The molecular formula is C20H27FIN3O2. The summed E-state index contributed by atoms with van der Waals surface area (Å²) in [5, 5.41) is 6.48. The van der Waals surface area contributed by atoms with Crippen molar-refractivity contribution in [3.8, 4) is 11.5 Å². The lowest BCUT2D eigenvalue weighted by Gasteiger charge is -2.14. The van der Waals surface area contributed by atoms with Gasteiger partial charge >= 0.3 is 0 Å². The highest BCUT2D eigenvalue weighted by Gasteiger charge is 2.06. The Morgan fingerprint density at radius 3 is 2.22 bits per heavy atom. The molecule has 0 fully saturated rings. The van der Waals surface area contributed by atoms with Crippen LogP contribution >= 0.6 is 24.0 Å². The fourth-order valence-electron chi connectivity index (χ4n) is 2.51. The first-order valence-corrected chi connectivity index (χ1v) is 8.56. The van der Waals surface area contributed by atoms with Crippen molar-refractivity contribution in [3.63, 3.8) is 0 Å². The molecule has 0 saturated heterocycles. The van der Waals surface area contributed by atoms with Gasteiger partial charge in [0.2, 0.25) is 0 Å². The molecule has 0 aliphatic carbocycles. The Morgan fingerprint density at radius 2 is 1.67 bits per heavy atom. The van der Waals surface area contributed by atoms with Crippen LogP contribution in [-0.4, -0.2) is 26.7 Å². The van der Waals surface area contributed by atoms with Gasteiger partial charge in [-0.15, -0.1) is 24.0 Å². The monoisotopic (exact) mass is 487 g/mol. The quantitative estimate of drug-likeness (QED) is 0.352. The smallest absolute Gasteiger partial charge is 0.191 e. The SMILES string of the molecule is CCOc1cc(CNC(=NC)NCc2ccc(F)c(C)c2)ccc1OC.I. The molecule has 0 aromatic heterocycles. The highest BCUT2D eigenvalue weighted by Crippen LogP contribution is 2.27. The summed E-state index contributed by atoms with van der Waals surface area (Å²) >= 11 is 0. The Morgan fingerprint density at radius 1 is 1.04 bits per heavy atom. The zero-order chi connectivity index (χ0) is 18.9. The van der Waals surface area contributed by atoms with Crippen molar-refractivity contribution in [3.05, 3.63) is 58.9 Å². The molecule has 0 spiro atoms. The van der Waals surface area contributed by atoms with Crippen molar-refractivity contribution in [2.45, 2.75) is 26.9 Å². The van der Waals surface area contributed by atoms with Gasteiger partial charge in [-0.25, -0.2) is 4.39 Å². The van der Waals surface area contributed by atoms with Crippen LogP contribution < -0.4 is 20.1 Å². The standard InChI is InChI=1S/C20H26FN3O2.HI/c1-5-26-19-11-16(7-9-18(19)25-4)13-24-20(22-3)23-12-15-6-8-17(21)14(2)10-15;/h6-11H,5,12-13H2,1-4H3,(H2,22,23,24);1H. The second kappa shape index (κ2) is 11.6. The summed E-state index contributed by atoms with van der Waals surface area (Å²) in [7, 11) is 3.34. The van der Waals surface area contributed by atoms with E-state index >= 15 is 0 Å². The van der Waals surface area contributed by atoms with E-state index in [1.165, 1.54) is 6.07 Å². The van der Waals surface area contributed by atoms with Crippen LogP contribution in [0, 0.1) is 12.7 Å². The summed E-state index contributed by atoms with van der Waals surface area (Å²) in [6.07, 6.45) is 0. The van der Waals surface area contributed by atoms with E-state index in [1.54, 1.807) is 27.1 Å². The number of hydrogen-bond acceptors (Lipinski definition) is 3. The third kappa shape index (κ3) is 6.89. The molecule has 2 aromatic carbocycles. The third-order valence-electron chi connectivity index (χ3n) is 3.89. The third-order valence-corrected chi connectivity index (χ3v) is 3.89. The van der Waals surface area contributed by atoms with Crippen LogP contribution in [-0.2, 0) is 13.1 Å².